The first-order valence-corrected chi connectivity index (χ1v) is 13.3. The van der Waals surface area contributed by atoms with Crippen molar-refractivity contribution in [2.75, 3.05) is 16.7 Å². The first-order valence-electron chi connectivity index (χ1n) is 12.2. The summed E-state index contributed by atoms with van der Waals surface area (Å²) in [6.45, 7) is 2.08. The van der Waals surface area contributed by atoms with Crippen molar-refractivity contribution in [3.63, 3.8) is 0 Å². The number of hydrogen-bond acceptors (Lipinski definition) is 7. The van der Waals surface area contributed by atoms with Gasteiger partial charge in [-0.15, -0.1) is 0 Å². The van der Waals surface area contributed by atoms with Gasteiger partial charge in [-0.25, -0.2) is 9.97 Å². The summed E-state index contributed by atoms with van der Waals surface area (Å²) in [4.78, 5) is 10.1. The molecule has 1 heterocycles. The Hall–Kier alpha value is -3.00. The van der Waals surface area contributed by atoms with Crippen molar-refractivity contribution in [1.29, 1.82) is 0 Å². The van der Waals surface area contributed by atoms with Crippen molar-refractivity contribution >= 4 is 46.1 Å². The molecule has 4 N–H and O–H groups in total. The minimum absolute atomic E-state index is 0.147. The van der Waals surface area contributed by atoms with E-state index in [4.69, 9.17) is 17.3 Å². The van der Waals surface area contributed by atoms with Gasteiger partial charge in [0.25, 0.3) is 0 Å². The van der Waals surface area contributed by atoms with Crippen LogP contribution in [0.5, 0.6) is 5.75 Å². The Labute approximate surface area is 221 Å². The van der Waals surface area contributed by atoms with Crippen LogP contribution in [0, 0.1) is 6.92 Å². The van der Waals surface area contributed by atoms with E-state index in [9.17, 15) is 5.11 Å². The van der Waals surface area contributed by atoms with Crippen LogP contribution < -0.4 is 15.4 Å². The molecule has 186 valence electrons. The number of hydrogen-bond donors (Lipinski definition) is 3. The van der Waals surface area contributed by atoms with Crippen molar-refractivity contribution in [3.05, 3.63) is 71.4 Å². The number of fused-ring (bicyclic) bond motifs is 1. The zero-order valence-electron chi connectivity index (χ0n) is 20.4. The molecular weight excluding hydrogens is 490 g/mol. The normalized spacial score (nSPS) is 17.8. The van der Waals surface area contributed by atoms with Gasteiger partial charge in [0.2, 0.25) is 5.95 Å². The molecule has 1 fully saturated rings. The second kappa shape index (κ2) is 10.5. The van der Waals surface area contributed by atoms with Crippen LogP contribution in [0.4, 0.5) is 11.6 Å². The fourth-order valence-corrected chi connectivity index (χ4v) is 5.73. The molecule has 6 nitrogen and oxygen atoms in total. The predicted molar refractivity (Wildman–Crippen MR) is 151 cm³/mol. The molecule has 0 saturated heterocycles. The highest BCUT2D eigenvalue weighted by molar-refractivity contribution is 8.00. The summed E-state index contributed by atoms with van der Waals surface area (Å²) in [6, 6.07) is 18.5. The summed E-state index contributed by atoms with van der Waals surface area (Å²) in [5.74, 6) is 0.694. The number of benzene rings is 3. The summed E-state index contributed by atoms with van der Waals surface area (Å²) >= 11 is 7.91. The van der Waals surface area contributed by atoms with E-state index in [1.54, 1.807) is 24.2 Å². The second-order valence-electron chi connectivity index (χ2n) is 9.40. The van der Waals surface area contributed by atoms with Crippen molar-refractivity contribution in [3.8, 4) is 16.9 Å². The topological polar surface area (TPSA) is 87.3 Å². The second-order valence-corrected chi connectivity index (χ2v) is 11.0. The SMILES string of the molecule is Cc1cc(N(C)Sc2ccccc2Cl)ccc1-c1cc(O)c2nc(N[C@H]3CC[C@H](N)CC3)ncc2c1. The van der Waals surface area contributed by atoms with Gasteiger partial charge in [0, 0.05) is 41.3 Å². The Bertz CT molecular complexity index is 1390. The van der Waals surface area contributed by atoms with Crippen LogP contribution in [0.3, 0.4) is 0 Å². The van der Waals surface area contributed by atoms with Crippen molar-refractivity contribution in [2.45, 2.75) is 49.6 Å². The van der Waals surface area contributed by atoms with Crippen molar-refractivity contribution < 1.29 is 5.11 Å². The van der Waals surface area contributed by atoms with E-state index in [0.717, 1.165) is 63.4 Å². The Morgan fingerprint density at radius 3 is 2.61 bits per heavy atom. The molecule has 8 heteroatoms. The lowest BCUT2D eigenvalue weighted by Gasteiger charge is -2.26. The lowest BCUT2D eigenvalue weighted by Crippen LogP contribution is -2.33. The Morgan fingerprint density at radius 2 is 1.86 bits per heavy atom. The van der Waals surface area contributed by atoms with Gasteiger partial charge in [-0.3, -0.25) is 0 Å². The molecule has 0 amide bonds. The highest BCUT2D eigenvalue weighted by atomic mass is 35.5. The zero-order valence-corrected chi connectivity index (χ0v) is 22.0. The smallest absolute Gasteiger partial charge is 0.223 e. The van der Waals surface area contributed by atoms with Gasteiger partial charge < -0.3 is 20.5 Å². The van der Waals surface area contributed by atoms with E-state index in [0.29, 0.717) is 23.5 Å². The number of nitrogens with zero attached hydrogens (tertiary/aromatic N) is 3. The lowest BCUT2D eigenvalue weighted by atomic mass is 9.92. The largest absolute Gasteiger partial charge is 0.506 e. The average molecular weight is 520 g/mol. The third-order valence-electron chi connectivity index (χ3n) is 6.72. The summed E-state index contributed by atoms with van der Waals surface area (Å²) in [5.41, 5.74) is 10.7. The molecule has 1 aromatic heterocycles. The Balaban J connectivity index is 1.36. The van der Waals surface area contributed by atoms with Crippen LogP contribution in [0.25, 0.3) is 22.0 Å². The minimum atomic E-state index is 0.147. The van der Waals surface area contributed by atoms with E-state index >= 15 is 0 Å². The summed E-state index contributed by atoms with van der Waals surface area (Å²) in [7, 11) is 2.02. The van der Waals surface area contributed by atoms with E-state index in [1.807, 2.05) is 37.4 Å². The van der Waals surface area contributed by atoms with E-state index in [1.165, 1.54) is 0 Å². The molecule has 1 saturated carbocycles. The number of phenolic OH excluding ortho intramolecular Hbond substituents is 1. The molecule has 0 atom stereocenters. The number of anilines is 2. The van der Waals surface area contributed by atoms with Crippen LogP contribution >= 0.6 is 23.5 Å². The predicted octanol–water partition coefficient (Wildman–Crippen LogP) is 6.79. The maximum atomic E-state index is 10.8. The number of aromatic hydroxyl groups is 1. The van der Waals surface area contributed by atoms with Gasteiger partial charge in [0.05, 0.1) is 5.02 Å². The molecule has 1 aliphatic rings. The summed E-state index contributed by atoms with van der Waals surface area (Å²) < 4.78 is 2.10. The van der Waals surface area contributed by atoms with Gasteiger partial charge in [-0.2, -0.15) is 0 Å². The van der Waals surface area contributed by atoms with Crippen LogP contribution in [-0.4, -0.2) is 34.2 Å². The maximum absolute atomic E-state index is 10.8. The highest BCUT2D eigenvalue weighted by Crippen LogP contribution is 2.37. The van der Waals surface area contributed by atoms with Crippen molar-refractivity contribution in [1.82, 2.24) is 9.97 Å². The molecule has 0 bridgehead atoms. The Kier molecular flexibility index (Phi) is 7.23. The summed E-state index contributed by atoms with van der Waals surface area (Å²) in [6.07, 6.45) is 5.81. The molecule has 3 aromatic carbocycles. The average Bonchev–Trinajstić information content (AvgIpc) is 2.87. The number of phenols is 1. The highest BCUT2D eigenvalue weighted by Gasteiger charge is 2.19. The maximum Gasteiger partial charge on any atom is 0.223 e. The van der Waals surface area contributed by atoms with Gasteiger partial charge in [-0.1, -0.05) is 29.8 Å². The van der Waals surface area contributed by atoms with Gasteiger partial charge in [0.15, 0.2) is 0 Å². The molecule has 5 rings (SSSR count). The first-order chi connectivity index (χ1) is 17.4. The lowest BCUT2D eigenvalue weighted by molar-refractivity contribution is 0.410. The third-order valence-corrected chi connectivity index (χ3v) is 8.20. The quantitative estimate of drug-likeness (QED) is 0.242. The van der Waals surface area contributed by atoms with Gasteiger partial charge in [-0.05, 0) is 97.6 Å². The van der Waals surface area contributed by atoms with E-state index in [2.05, 4.69) is 44.7 Å². The van der Waals surface area contributed by atoms with Crippen LogP contribution in [-0.2, 0) is 0 Å². The monoisotopic (exact) mass is 519 g/mol. The molecule has 0 spiro atoms. The zero-order chi connectivity index (χ0) is 25.2. The number of aromatic nitrogens is 2. The molecule has 36 heavy (non-hydrogen) atoms. The van der Waals surface area contributed by atoms with E-state index < -0.39 is 0 Å². The molecule has 0 aliphatic heterocycles. The first kappa shape index (κ1) is 24.7. The number of aryl methyl sites for hydroxylation is 1. The minimum Gasteiger partial charge on any atom is -0.506 e. The third kappa shape index (κ3) is 5.38. The standard InChI is InChI=1S/C28H30ClN5OS/c1-17-13-22(34(2)36-26-6-4-3-5-24(26)29)11-12-23(17)18-14-19-16-31-28(33-27(19)25(35)15-18)32-21-9-7-20(30)8-10-21/h3-6,11-16,20-21,35H,7-10,30H2,1-2H3,(H,31,32,33)/t20-,21-. The van der Waals surface area contributed by atoms with Gasteiger partial charge in [0.1, 0.15) is 11.3 Å². The molecular formula is C28H30ClN5OS. The molecule has 0 unspecified atom stereocenters. The summed E-state index contributed by atoms with van der Waals surface area (Å²) in [5, 5.41) is 15.8. The number of halogens is 1. The van der Waals surface area contributed by atoms with Gasteiger partial charge >= 0.3 is 0 Å². The number of rotatable bonds is 6. The van der Waals surface area contributed by atoms with Crippen LogP contribution in [0.1, 0.15) is 31.2 Å². The number of nitrogens with one attached hydrogen (secondary N) is 1. The molecule has 1 aliphatic carbocycles. The fourth-order valence-electron chi connectivity index (χ4n) is 4.68. The number of nitrogens with two attached hydrogens (primary N) is 1. The fraction of sp³-hybridized carbons (Fsp3) is 0.286. The Morgan fingerprint density at radius 1 is 1.08 bits per heavy atom. The molecule has 4 aromatic rings. The van der Waals surface area contributed by atoms with Crippen LogP contribution in [0.2, 0.25) is 5.02 Å². The van der Waals surface area contributed by atoms with E-state index in [-0.39, 0.29) is 5.75 Å². The molecule has 0 radical (unpaired) electrons. The van der Waals surface area contributed by atoms with Crippen molar-refractivity contribution in [2.24, 2.45) is 5.73 Å². The van der Waals surface area contributed by atoms with Crippen LogP contribution in [0.15, 0.2) is 65.7 Å².